The van der Waals surface area contributed by atoms with Gasteiger partial charge in [-0.15, -0.1) is 0 Å². The maximum Gasteiger partial charge on any atom is 0.124 e. The van der Waals surface area contributed by atoms with Gasteiger partial charge < -0.3 is 10.1 Å². The number of nitriles is 1. The number of hydrogen-bond donors (Lipinski definition) is 1. The van der Waals surface area contributed by atoms with Crippen LogP contribution in [0.3, 0.4) is 0 Å². The van der Waals surface area contributed by atoms with Crippen molar-refractivity contribution in [1.29, 1.82) is 5.26 Å². The quantitative estimate of drug-likeness (QED) is 0.865. The first kappa shape index (κ1) is 15.4. The van der Waals surface area contributed by atoms with Crippen molar-refractivity contribution in [2.45, 2.75) is 19.9 Å². The van der Waals surface area contributed by atoms with Crippen LogP contribution >= 0.6 is 15.9 Å². The summed E-state index contributed by atoms with van der Waals surface area (Å²) < 4.78 is 6.36. The third-order valence-electron chi connectivity index (χ3n) is 3.33. The van der Waals surface area contributed by atoms with Crippen molar-refractivity contribution in [2.24, 2.45) is 0 Å². The minimum atomic E-state index is 0.0289. The molecule has 0 aliphatic carbocycles. The minimum Gasteiger partial charge on any atom is -0.496 e. The molecule has 2 aromatic rings. The Labute approximate surface area is 133 Å². The van der Waals surface area contributed by atoms with Crippen LogP contribution in [0.1, 0.15) is 29.7 Å². The molecule has 2 aromatic carbocycles. The average molecular weight is 345 g/mol. The van der Waals surface area contributed by atoms with Gasteiger partial charge in [0.05, 0.1) is 24.4 Å². The van der Waals surface area contributed by atoms with Crippen LogP contribution in [0.15, 0.2) is 40.9 Å². The van der Waals surface area contributed by atoms with Gasteiger partial charge in [-0.3, -0.25) is 0 Å². The van der Waals surface area contributed by atoms with Crippen LogP contribution in [0.2, 0.25) is 0 Å². The van der Waals surface area contributed by atoms with E-state index in [1.54, 1.807) is 13.2 Å². The van der Waals surface area contributed by atoms with Gasteiger partial charge in [0.1, 0.15) is 11.8 Å². The summed E-state index contributed by atoms with van der Waals surface area (Å²) in [6.07, 6.45) is 0. The number of benzene rings is 2. The molecule has 21 heavy (non-hydrogen) atoms. The van der Waals surface area contributed by atoms with Crippen LogP contribution in [0, 0.1) is 18.3 Å². The van der Waals surface area contributed by atoms with E-state index in [2.05, 4.69) is 47.2 Å². The Hall–Kier alpha value is -1.99. The molecule has 0 radical (unpaired) electrons. The van der Waals surface area contributed by atoms with Crippen LogP contribution in [0.4, 0.5) is 5.69 Å². The van der Waals surface area contributed by atoms with Gasteiger partial charge in [0.2, 0.25) is 0 Å². The summed E-state index contributed by atoms with van der Waals surface area (Å²) in [5, 5.41) is 12.6. The van der Waals surface area contributed by atoms with Gasteiger partial charge in [-0.05, 0) is 38.1 Å². The fourth-order valence-corrected chi connectivity index (χ4v) is 2.60. The number of halogens is 1. The lowest BCUT2D eigenvalue weighted by molar-refractivity contribution is 0.408. The van der Waals surface area contributed by atoms with E-state index in [4.69, 9.17) is 4.74 Å². The molecule has 1 atom stereocenters. The van der Waals surface area contributed by atoms with E-state index in [1.807, 2.05) is 24.3 Å². The Balaban J connectivity index is 2.34. The monoisotopic (exact) mass is 344 g/mol. The molecule has 0 saturated heterocycles. The molecule has 0 heterocycles. The predicted molar refractivity (Wildman–Crippen MR) is 88.6 cm³/mol. The van der Waals surface area contributed by atoms with Crippen LogP contribution in [-0.4, -0.2) is 7.11 Å². The molecule has 4 heteroatoms. The van der Waals surface area contributed by atoms with Gasteiger partial charge in [-0.1, -0.05) is 33.6 Å². The fourth-order valence-electron chi connectivity index (χ4n) is 2.24. The molecule has 3 nitrogen and oxygen atoms in total. The number of rotatable bonds is 4. The standard InChI is InChI=1S/C17H17BrN2O/c1-11-4-7-17(21-3)15(8-11)12(2)20-16-9-14(18)6-5-13(16)10-19/h4-9,12,20H,1-3H3. The molecule has 0 spiro atoms. The number of nitrogens with zero attached hydrogens (tertiary/aromatic N) is 1. The second kappa shape index (κ2) is 6.64. The summed E-state index contributed by atoms with van der Waals surface area (Å²) >= 11 is 3.44. The second-order valence-electron chi connectivity index (χ2n) is 4.91. The van der Waals surface area contributed by atoms with Crippen molar-refractivity contribution < 1.29 is 4.74 Å². The highest BCUT2D eigenvalue weighted by molar-refractivity contribution is 9.10. The topological polar surface area (TPSA) is 45.0 Å². The maximum absolute atomic E-state index is 9.21. The highest BCUT2D eigenvalue weighted by Gasteiger charge is 2.13. The summed E-state index contributed by atoms with van der Waals surface area (Å²) in [5.74, 6) is 0.842. The average Bonchev–Trinajstić information content (AvgIpc) is 2.47. The Kier molecular flexibility index (Phi) is 4.87. The number of aryl methyl sites for hydroxylation is 1. The molecular weight excluding hydrogens is 328 g/mol. The first-order chi connectivity index (χ1) is 10.0. The van der Waals surface area contributed by atoms with E-state index in [0.717, 1.165) is 21.5 Å². The lowest BCUT2D eigenvalue weighted by Gasteiger charge is -2.20. The summed E-state index contributed by atoms with van der Waals surface area (Å²) in [6.45, 7) is 4.11. The molecule has 0 bridgehead atoms. The van der Waals surface area contributed by atoms with Crippen molar-refractivity contribution in [2.75, 3.05) is 12.4 Å². The molecule has 0 saturated carbocycles. The lowest BCUT2D eigenvalue weighted by Crippen LogP contribution is -2.09. The second-order valence-corrected chi connectivity index (χ2v) is 5.83. The molecule has 1 unspecified atom stereocenters. The normalized spacial score (nSPS) is 11.6. The van der Waals surface area contributed by atoms with Gasteiger partial charge in [0.25, 0.3) is 0 Å². The number of anilines is 1. The Morgan fingerprint density at radius 3 is 2.67 bits per heavy atom. The van der Waals surface area contributed by atoms with E-state index in [0.29, 0.717) is 5.56 Å². The summed E-state index contributed by atoms with van der Waals surface area (Å²) in [5.41, 5.74) is 3.68. The highest BCUT2D eigenvalue weighted by atomic mass is 79.9. The van der Waals surface area contributed by atoms with Crippen molar-refractivity contribution in [3.05, 3.63) is 57.6 Å². The smallest absolute Gasteiger partial charge is 0.124 e. The van der Waals surface area contributed by atoms with Gasteiger partial charge in [-0.2, -0.15) is 5.26 Å². The van der Waals surface area contributed by atoms with Crippen molar-refractivity contribution >= 4 is 21.6 Å². The van der Waals surface area contributed by atoms with Gasteiger partial charge in [-0.25, -0.2) is 0 Å². The molecule has 0 aliphatic rings. The molecule has 0 aromatic heterocycles. The minimum absolute atomic E-state index is 0.0289. The molecule has 0 aliphatic heterocycles. The number of hydrogen-bond acceptors (Lipinski definition) is 3. The first-order valence-corrected chi connectivity index (χ1v) is 7.45. The fraction of sp³-hybridized carbons (Fsp3) is 0.235. The zero-order valence-corrected chi connectivity index (χ0v) is 13.9. The van der Waals surface area contributed by atoms with Crippen molar-refractivity contribution in [3.8, 4) is 11.8 Å². The van der Waals surface area contributed by atoms with Crippen LogP contribution in [-0.2, 0) is 0 Å². The van der Waals surface area contributed by atoms with E-state index in [9.17, 15) is 5.26 Å². The Bertz CT molecular complexity index is 692. The number of methoxy groups -OCH3 is 1. The summed E-state index contributed by atoms with van der Waals surface area (Å²) in [6, 6.07) is 13.9. The SMILES string of the molecule is COc1ccc(C)cc1C(C)Nc1cc(Br)ccc1C#N. The van der Waals surface area contributed by atoms with E-state index in [1.165, 1.54) is 5.56 Å². The third kappa shape index (κ3) is 3.56. The summed E-state index contributed by atoms with van der Waals surface area (Å²) in [4.78, 5) is 0. The zero-order chi connectivity index (χ0) is 15.4. The largest absolute Gasteiger partial charge is 0.496 e. The van der Waals surface area contributed by atoms with Crippen molar-refractivity contribution in [1.82, 2.24) is 0 Å². The zero-order valence-electron chi connectivity index (χ0n) is 12.3. The van der Waals surface area contributed by atoms with Crippen LogP contribution in [0.5, 0.6) is 5.75 Å². The number of nitrogens with one attached hydrogen (secondary N) is 1. The Morgan fingerprint density at radius 1 is 1.24 bits per heavy atom. The Morgan fingerprint density at radius 2 is 2.00 bits per heavy atom. The highest BCUT2D eigenvalue weighted by Crippen LogP contribution is 2.30. The van der Waals surface area contributed by atoms with E-state index >= 15 is 0 Å². The predicted octanol–water partition coefficient (Wildman–Crippen LogP) is 4.81. The molecule has 108 valence electrons. The van der Waals surface area contributed by atoms with Crippen LogP contribution < -0.4 is 10.1 Å². The molecule has 2 rings (SSSR count). The van der Waals surface area contributed by atoms with Gasteiger partial charge in [0, 0.05) is 10.0 Å². The first-order valence-electron chi connectivity index (χ1n) is 6.66. The van der Waals surface area contributed by atoms with Gasteiger partial charge in [0.15, 0.2) is 0 Å². The van der Waals surface area contributed by atoms with E-state index in [-0.39, 0.29) is 6.04 Å². The molecule has 1 N–H and O–H groups in total. The number of ether oxygens (including phenoxy) is 1. The molecule has 0 amide bonds. The van der Waals surface area contributed by atoms with E-state index < -0.39 is 0 Å². The van der Waals surface area contributed by atoms with Gasteiger partial charge >= 0.3 is 0 Å². The molecule has 0 fully saturated rings. The third-order valence-corrected chi connectivity index (χ3v) is 3.82. The van der Waals surface area contributed by atoms with Crippen molar-refractivity contribution in [3.63, 3.8) is 0 Å². The van der Waals surface area contributed by atoms with Crippen LogP contribution in [0.25, 0.3) is 0 Å². The summed E-state index contributed by atoms with van der Waals surface area (Å²) in [7, 11) is 1.67. The maximum atomic E-state index is 9.21. The lowest BCUT2D eigenvalue weighted by atomic mass is 10.0. The molecular formula is C17H17BrN2O.